The zero-order valence-corrected chi connectivity index (χ0v) is 10.5. The van der Waals surface area contributed by atoms with E-state index >= 15 is 0 Å². The number of Topliss-reactive ketones (excluding diaryl/α,β-unsaturated/α-hetero) is 1. The first-order valence-electron chi connectivity index (χ1n) is 5.43. The van der Waals surface area contributed by atoms with Crippen LogP contribution in [0.3, 0.4) is 0 Å². The summed E-state index contributed by atoms with van der Waals surface area (Å²) in [6.45, 7) is 0.510. The predicted molar refractivity (Wildman–Crippen MR) is 61.5 cm³/mol. The number of rotatable bonds is 5. The topological polar surface area (TPSA) is 50.1 Å². The van der Waals surface area contributed by atoms with Crippen molar-refractivity contribution in [3.05, 3.63) is 41.5 Å². The van der Waals surface area contributed by atoms with Gasteiger partial charge in [-0.25, -0.2) is 17.6 Å². The zero-order chi connectivity index (χ0) is 16.2. The number of benzene rings is 1. The molecule has 1 rings (SSSR count). The molecule has 1 unspecified atom stereocenters. The van der Waals surface area contributed by atoms with Crippen molar-refractivity contribution in [1.29, 1.82) is 5.26 Å². The summed E-state index contributed by atoms with van der Waals surface area (Å²) in [5, 5.41) is 8.61. The van der Waals surface area contributed by atoms with Crippen LogP contribution >= 0.6 is 0 Å². The van der Waals surface area contributed by atoms with Gasteiger partial charge in [-0.05, 0) is 12.1 Å². The Labute approximate surface area is 116 Å². The standard InChI is InChI=1S/C13H8F5NO2/c1-13(18,10(5-14)11(20)12(16)17)21-9-3-7(6-19)2-8(15)4-9/h2-5,12H,1H3/b10-5+. The molecule has 8 heteroatoms. The Morgan fingerprint density at radius 3 is 2.52 bits per heavy atom. The van der Waals surface area contributed by atoms with Crippen LogP contribution in [0.5, 0.6) is 5.75 Å². The molecule has 1 atom stereocenters. The van der Waals surface area contributed by atoms with Gasteiger partial charge in [-0.1, -0.05) is 0 Å². The van der Waals surface area contributed by atoms with Crippen LogP contribution in [0.4, 0.5) is 22.0 Å². The second kappa shape index (κ2) is 6.35. The van der Waals surface area contributed by atoms with Gasteiger partial charge in [0.1, 0.15) is 23.5 Å². The number of hydrogen-bond acceptors (Lipinski definition) is 3. The summed E-state index contributed by atoms with van der Waals surface area (Å²) in [5.74, 6) is -6.87. The third-order valence-corrected chi connectivity index (χ3v) is 2.36. The maximum atomic E-state index is 14.1. The number of ether oxygens (including phenoxy) is 1. The van der Waals surface area contributed by atoms with Gasteiger partial charge in [0.15, 0.2) is 0 Å². The molecule has 0 spiro atoms. The van der Waals surface area contributed by atoms with E-state index in [4.69, 9.17) is 5.26 Å². The number of ketones is 1. The van der Waals surface area contributed by atoms with Crippen LogP contribution < -0.4 is 4.74 Å². The van der Waals surface area contributed by atoms with E-state index in [9.17, 15) is 26.7 Å². The summed E-state index contributed by atoms with van der Waals surface area (Å²) in [7, 11) is 0. The van der Waals surface area contributed by atoms with E-state index in [1.165, 1.54) is 0 Å². The minimum atomic E-state index is -3.63. The van der Waals surface area contributed by atoms with Crippen LogP contribution in [-0.2, 0) is 4.79 Å². The highest BCUT2D eigenvalue weighted by Gasteiger charge is 2.39. The van der Waals surface area contributed by atoms with Crippen molar-refractivity contribution in [3.8, 4) is 11.8 Å². The van der Waals surface area contributed by atoms with Crippen molar-refractivity contribution < 1.29 is 31.5 Å². The lowest BCUT2D eigenvalue weighted by atomic mass is 10.1. The first kappa shape index (κ1) is 16.6. The van der Waals surface area contributed by atoms with E-state index < -0.39 is 41.5 Å². The molecule has 112 valence electrons. The Kier molecular flexibility index (Phi) is 5.02. The minimum Gasteiger partial charge on any atom is -0.454 e. The molecule has 21 heavy (non-hydrogen) atoms. The molecule has 1 aromatic carbocycles. The van der Waals surface area contributed by atoms with E-state index in [2.05, 4.69) is 4.74 Å². The van der Waals surface area contributed by atoms with E-state index in [0.717, 1.165) is 12.1 Å². The molecule has 0 fully saturated rings. The lowest BCUT2D eigenvalue weighted by Gasteiger charge is -2.23. The number of nitrogens with zero attached hydrogens (tertiary/aromatic N) is 1. The normalized spacial score (nSPS) is 14.5. The molecule has 0 aliphatic heterocycles. The summed E-state index contributed by atoms with van der Waals surface area (Å²) in [6, 6.07) is 3.94. The lowest BCUT2D eigenvalue weighted by Crippen LogP contribution is -2.35. The van der Waals surface area contributed by atoms with Gasteiger partial charge in [-0.15, -0.1) is 0 Å². The second-order valence-electron chi connectivity index (χ2n) is 3.99. The zero-order valence-electron chi connectivity index (χ0n) is 10.5. The number of carbonyl (C=O) groups excluding carboxylic acids is 1. The van der Waals surface area contributed by atoms with Gasteiger partial charge >= 0.3 is 6.43 Å². The van der Waals surface area contributed by atoms with Crippen LogP contribution in [0, 0.1) is 17.1 Å². The fourth-order valence-electron chi connectivity index (χ4n) is 1.45. The number of carbonyl (C=O) groups is 1. The molecule has 1 aromatic rings. The first-order chi connectivity index (χ1) is 9.71. The van der Waals surface area contributed by atoms with Crippen molar-refractivity contribution in [2.24, 2.45) is 0 Å². The molecule has 0 saturated carbocycles. The average molecular weight is 305 g/mol. The number of hydrogen-bond donors (Lipinski definition) is 0. The maximum Gasteiger partial charge on any atom is 0.300 e. The molecule has 3 nitrogen and oxygen atoms in total. The monoisotopic (exact) mass is 305 g/mol. The Morgan fingerprint density at radius 1 is 1.43 bits per heavy atom. The molecule has 0 heterocycles. The van der Waals surface area contributed by atoms with Crippen LogP contribution in [0.1, 0.15) is 12.5 Å². The van der Waals surface area contributed by atoms with E-state index in [-0.39, 0.29) is 5.56 Å². The van der Waals surface area contributed by atoms with Gasteiger partial charge in [0, 0.05) is 13.0 Å². The summed E-state index contributed by atoms with van der Waals surface area (Å²) in [5.41, 5.74) is -1.79. The third-order valence-electron chi connectivity index (χ3n) is 2.36. The molecular weight excluding hydrogens is 297 g/mol. The van der Waals surface area contributed by atoms with Crippen LogP contribution in [0.2, 0.25) is 0 Å². The quantitative estimate of drug-likeness (QED) is 0.618. The Hall–Kier alpha value is -2.43. The minimum absolute atomic E-state index is 0.230. The summed E-state index contributed by atoms with van der Waals surface area (Å²) >= 11 is 0. The van der Waals surface area contributed by atoms with Crippen LogP contribution in [-0.4, -0.2) is 18.1 Å². The molecule has 0 aromatic heterocycles. The maximum absolute atomic E-state index is 14.1. The van der Waals surface area contributed by atoms with Gasteiger partial charge in [0.05, 0.1) is 11.6 Å². The Morgan fingerprint density at radius 2 is 2.05 bits per heavy atom. The van der Waals surface area contributed by atoms with Crippen molar-refractivity contribution in [3.63, 3.8) is 0 Å². The second-order valence-corrected chi connectivity index (χ2v) is 3.99. The highest BCUT2D eigenvalue weighted by atomic mass is 19.3. The largest absolute Gasteiger partial charge is 0.454 e. The van der Waals surface area contributed by atoms with Crippen molar-refractivity contribution in [2.75, 3.05) is 0 Å². The number of halogens is 5. The van der Waals surface area contributed by atoms with Gasteiger partial charge < -0.3 is 4.74 Å². The Bertz CT molecular complexity index is 619. The average Bonchev–Trinajstić information content (AvgIpc) is 2.37. The van der Waals surface area contributed by atoms with Crippen LogP contribution in [0.25, 0.3) is 0 Å². The molecule has 0 radical (unpaired) electrons. The van der Waals surface area contributed by atoms with Crippen molar-refractivity contribution in [1.82, 2.24) is 0 Å². The molecule has 0 aliphatic rings. The van der Waals surface area contributed by atoms with Crippen molar-refractivity contribution >= 4 is 5.78 Å². The molecule has 0 saturated heterocycles. The van der Waals surface area contributed by atoms with Crippen molar-refractivity contribution in [2.45, 2.75) is 19.2 Å². The van der Waals surface area contributed by atoms with Gasteiger partial charge in [0.25, 0.3) is 5.85 Å². The summed E-state index contributed by atoms with van der Waals surface area (Å²) < 4.78 is 68.8. The fraction of sp³-hybridized carbons (Fsp3) is 0.231. The summed E-state index contributed by atoms with van der Waals surface area (Å²) in [4.78, 5) is 11.0. The molecular formula is C13H8F5NO2. The SMILES string of the molecule is CC(F)(Oc1cc(F)cc(C#N)c1)/C(=C/F)C(=O)C(F)F. The highest BCUT2D eigenvalue weighted by Crippen LogP contribution is 2.29. The Balaban J connectivity index is 3.12. The third kappa shape index (κ3) is 4.02. The van der Waals surface area contributed by atoms with Crippen LogP contribution in [0.15, 0.2) is 30.1 Å². The van der Waals surface area contributed by atoms with E-state index in [1.807, 2.05) is 0 Å². The molecule has 0 amide bonds. The van der Waals surface area contributed by atoms with E-state index in [0.29, 0.717) is 13.0 Å². The smallest absolute Gasteiger partial charge is 0.300 e. The van der Waals surface area contributed by atoms with E-state index in [1.54, 1.807) is 6.07 Å². The summed E-state index contributed by atoms with van der Waals surface area (Å²) in [6.07, 6.45) is -4.27. The van der Waals surface area contributed by atoms with Gasteiger partial charge in [0.2, 0.25) is 5.78 Å². The predicted octanol–water partition coefficient (Wildman–Crippen LogP) is 3.45. The lowest BCUT2D eigenvalue weighted by molar-refractivity contribution is -0.130. The number of nitriles is 1. The first-order valence-corrected chi connectivity index (χ1v) is 5.43. The molecule has 0 N–H and O–H groups in total. The molecule has 0 bridgehead atoms. The number of alkyl halides is 3. The van der Waals surface area contributed by atoms with Gasteiger partial charge in [-0.3, -0.25) is 4.79 Å². The fourth-order valence-corrected chi connectivity index (χ4v) is 1.45. The van der Waals surface area contributed by atoms with Gasteiger partial charge in [-0.2, -0.15) is 9.65 Å². The molecule has 0 aliphatic carbocycles. The highest BCUT2D eigenvalue weighted by molar-refractivity contribution is 5.99.